The Bertz CT molecular complexity index is 526. The second-order valence-corrected chi connectivity index (χ2v) is 17.5. The predicted molar refractivity (Wildman–Crippen MR) is 140 cm³/mol. The van der Waals surface area contributed by atoms with E-state index in [1.54, 1.807) is 0 Å². The molecule has 2 atom stereocenters. The van der Waals surface area contributed by atoms with E-state index in [1.165, 1.54) is 64.2 Å². The molecule has 0 radical (unpaired) electrons. The first-order valence-electron chi connectivity index (χ1n) is 14.0. The lowest BCUT2D eigenvalue weighted by Gasteiger charge is -2.49. The minimum Gasteiger partial charge on any atom is -0.518 e. The van der Waals surface area contributed by atoms with Gasteiger partial charge in [0.15, 0.2) is 0 Å². The SMILES string of the molecule is CCO[Si](CC(C)C(=O)O[Si](C(C)CC)(C1CCCCC1)C1CCCCC1)(OCC)OCC. The first-order chi connectivity index (χ1) is 15.9. The van der Waals surface area contributed by atoms with Crippen LogP contribution in [0.3, 0.4) is 0 Å². The average molecular weight is 501 g/mol. The zero-order valence-corrected chi connectivity index (χ0v) is 24.5. The highest BCUT2D eigenvalue weighted by Gasteiger charge is 2.56. The van der Waals surface area contributed by atoms with Crippen LogP contribution >= 0.6 is 0 Å². The van der Waals surface area contributed by atoms with Gasteiger partial charge in [-0.15, -0.1) is 0 Å². The summed E-state index contributed by atoms with van der Waals surface area (Å²) >= 11 is 0. The van der Waals surface area contributed by atoms with Gasteiger partial charge in [-0.25, -0.2) is 0 Å². The molecular formula is C26H52O5Si2. The lowest BCUT2D eigenvalue weighted by Crippen LogP contribution is -2.55. The van der Waals surface area contributed by atoms with E-state index >= 15 is 0 Å². The molecule has 2 unspecified atom stereocenters. The maximum atomic E-state index is 13.8. The van der Waals surface area contributed by atoms with Gasteiger partial charge in [-0.3, -0.25) is 4.79 Å². The fraction of sp³-hybridized carbons (Fsp3) is 0.962. The molecule has 33 heavy (non-hydrogen) atoms. The summed E-state index contributed by atoms with van der Waals surface area (Å²) in [6, 6.07) is 0.502. The summed E-state index contributed by atoms with van der Waals surface area (Å²) in [6.45, 7) is 14.2. The number of hydrogen-bond donors (Lipinski definition) is 0. The van der Waals surface area contributed by atoms with Gasteiger partial charge in [-0.05, 0) is 63.1 Å². The van der Waals surface area contributed by atoms with Crippen LogP contribution in [0.1, 0.15) is 112 Å². The van der Waals surface area contributed by atoms with Crippen LogP contribution in [0.4, 0.5) is 0 Å². The van der Waals surface area contributed by atoms with Crippen LogP contribution in [0.25, 0.3) is 0 Å². The Morgan fingerprint density at radius 1 is 0.758 bits per heavy atom. The van der Waals surface area contributed by atoms with Crippen molar-refractivity contribution in [3.63, 3.8) is 0 Å². The van der Waals surface area contributed by atoms with Crippen molar-refractivity contribution in [2.45, 2.75) is 135 Å². The van der Waals surface area contributed by atoms with Gasteiger partial charge >= 0.3 is 8.80 Å². The van der Waals surface area contributed by atoms with Gasteiger partial charge in [0, 0.05) is 25.9 Å². The van der Waals surface area contributed by atoms with Crippen molar-refractivity contribution in [3.05, 3.63) is 0 Å². The van der Waals surface area contributed by atoms with E-state index in [0.717, 1.165) is 6.42 Å². The summed E-state index contributed by atoms with van der Waals surface area (Å²) in [7, 11) is -5.21. The number of hydrogen-bond acceptors (Lipinski definition) is 5. The Labute approximate surface area is 206 Å². The molecule has 7 heteroatoms. The molecular weight excluding hydrogens is 448 g/mol. The van der Waals surface area contributed by atoms with Gasteiger partial charge in [0.2, 0.25) is 0 Å². The Balaban J connectivity index is 2.31. The molecule has 0 aromatic carbocycles. The van der Waals surface area contributed by atoms with Crippen molar-refractivity contribution in [3.8, 4) is 0 Å². The molecule has 0 N–H and O–H groups in total. The quantitative estimate of drug-likeness (QED) is 0.229. The van der Waals surface area contributed by atoms with E-state index in [0.29, 0.717) is 42.5 Å². The maximum absolute atomic E-state index is 13.8. The van der Waals surface area contributed by atoms with Crippen molar-refractivity contribution >= 4 is 23.1 Å². The van der Waals surface area contributed by atoms with Gasteiger partial charge in [0.1, 0.15) is 0 Å². The van der Waals surface area contributed by atoms with Crippen LogP contribution in [0.2, 0.25) is 22.7 Å². The smallest absolute Gasteiger partial charge is 0.501 e. The summed E-state index contributed by atoms with van der Waals surface area (Å²) in [5.74, 6) is -0.293. The summed E-state index contributed by atoms with van der Waals surface area (Å²) in [4.78, 5) is 13.8. The summed E-state index contributed by atoms with van der Waals surface area (Å²) in [5.41, 5.74) is 1.74. The standard InChI is InChI=1S/C26H52O5Si2/c1-7-23(6)33(24-17-13-11-14-18-24,25-19-15-12-16-20-25)31-26(27)22(5)21-32(28-8-2,29-9-3)30-10-4/h22-25H,7-21H2,1-6H3. The Kier molecular flexibility index (Phi) is 12.6. The highest BCUT2D eigenvalue weighted by molar-refractivity contribution is 6.79. The molecule has 0 spiro atoms. The molecule has 0 aliphatic heterocycles. The van der Waals surface area contributed by atoms with E-state index in [-0.39, 0.29) is 11.9 Å². The monoisotopic (exact) mass is 500 g/mol. The molecule has 0 heterocycles. The molecule has 0 bridgehead atoms. The highest BCUT2D eigenvalue weighted by Crippen LogP contribution is 2.55. The molecule has 5 nitrogen and oxygen atoms in total. The zero-order valence-electron chi connectivity index (χ0n) is 22.5. The molecule has 2 saturated carbocycles. The first-order valence-corrected chi connectivity index (χ1v) is 18.1. The second kappa shape index (κ2) is 14.4. The van der Waals surface area contributed by atoms with E-state index in [2.05, 4.69) is 13.8 Å². The van der Waals surface area contributed by atoms with Gasteiger partial charge < -0.3 is 17.7 Å². The molecule has 2 fully saturated rings. The van der Waals surface area contributed by atoms with Crippen LogP contribution in [0.15, 0.2) is 0 Å². The van der Waals surface area contributed by atoms with Crippen molar-refractivity contribution in [1.82, 2.24) is 0 Å². The molecule has 2 rings (SSSR count). The van der Waals surface area contributed by atoms with Gasteiger partial charge in [-0.2, -0.15) is 0 Å². The molecule has 194 valence electrons. The Morgan fingerprint density at radius 3 is 1.55 bits per heavy atom. The lowest BCUT2D eigenvalue weighted by atomic mass is 9.99. The lowest BCUT2D eigenvalue weighted by molar-refractivity contribution is -0.139. The van der Waals surface area contributed by atoms with Crippen molar-refractivity contribution < 1.29 is 22.5 Å². The third-order valence-electron chi connectivity index (χ3n) is 8.20. The molecule has 0 aromatic heterocycles. The Morgan fingerprint density at radius 2 is 1.18 bits per heavy atom. The minimum absolute atomic E-state index is 0.0194. The Hall–Kier alpha value is -0.216. The van der Waals surface area contributed by atoms with Gasteiger partial charge in [0.25, 0.3) is 14.3 Å². The van der Waals surface area contributed by atoms with Crippen molar-refractivity contribution in [1.29, 1.82) is 0 Å². The van der Waals surface area contributed by atoms with E-state index in [1.807, 2.05) is 27.7 Å². The zero-order chi connectivity index (χ0) is 24.3. The number of carbonyl (C=O) groups excluding carboxylic acids is 1. The maximum Gasteiger partial charge on any atom is 0.501 e. The van der Waals surface area contributed by atoms with E-state index < -0.39 is 17.1 Å². The fourth-order valence-corrected chi connectivity index (χ4v) is 16.0. The summed E-state index contributed by atoms with van der Waals surface area (Å²) < 4.78 is 25.1. The van der Waals surface area contributed by atoms with Gasteiger partial charge in [-0.1, -0.05) is 65.7 Å². The minimum atomic E-state index is -2.90. The highest BCUT2D eigenvalue weighted by atomic mass is 28.4. The third-order valence-corrected chi connectivity index (χ3v) is 17.7. The van der Waals surface area contributed by atoms with E-state index in [9.17, 15) is 4.79 Å². The van der Waals surface area contributed by atoms with Crippen molar-refractivity contribution in [2.24, 2.45) is 5.92 Å². The van der Waals surface area contributed by atoms with Crippen LogP contribution in [0, 0.1) is 5.92 Å². The molecule has 2 aliphatic rings. The largest absolute Gasteiger partial charge is 0.518 e. The summed E-state index contributed by atoms with van der Waals surface area (Å²) in [5, 5.41) is 0. The fourth-order valence-electron chi connectivity index (χ4n) is 6.53. The normalized spacial score (nSPS) is 21.0. The molecule has 0 amide bonds. The predicted octanol–water partition coefficient (Wildman–Crippen LogP) is 7.63. The van der Waals surface area contributed by atoms with Crippen molar-refractivity contribution in [2.75, 3.05) is 19.8 Å². The first kappa shape index (κ1) is 29.0. The summed E-state index contributed by atoms with van der Waals surface area (Å²) in [6.07, 6.45) is 14.0. The van der Waals surface area contributed by atoms with Crippen LogP contribution < -0.4 is 0 Å². The van der Waals surface area contributed by atoms with Crippen LogP contribution in [0.5, 0.6) is 0 Å². The van der Waals surface area contributed by atoms with Crippen LogP contribution in [-0.4, -0.2) is 42.9 Å². The number of carbonyl (C=O) groups is 1. The topological polar surface area (TPSA) is 54.0 Å². The molecule has 0 saturated heterocycles. The van der Waals surface area contributed by atoms with Gasteiger partial charge in [0.05, 0.1) is 5.92 Å². The third kappa shape index (κ3) is 7.39. The number of rotatable bonds is 14. The second-order valence-electron chi connectivity index (χ2n) is 10.3. The molecule has 0 aromatic rings. The average Bonchev–Trinajstić information content (AvgIpc) is 2.83. The molecule has 2 aliphatic carbocycles. The van der Waals surface area contributed by atoms with E-state index in [4.69, 9.17) is 17.7 Å². The van der Waals surface area contributed by atoms with Crippen LogP contribution in [-0.2, 0) is 22.5 Å².